The zero-order valence-corrected chi connectivity index (χ0v) is 48.9. The molecule has 34 nitrogen and oxygen atoms in total. The fourth-order valence-corrected chi connectivity index (χ4v) is 8.30. The summed E-state index contributed by atoms with van der Waals surface area (Å²) < 4.78 is 0. The van der Waals surface area contributed by atoms with Crippen LogP contribution in [0.5, 0.6) is 5.75 Å². The van der Waals surface area contributed by atoms with Crippen LogP contribution in [0, 0.1) is 5.92 Å². The lowest BCUT2D eigenvalue weighted by Gasteiger charge is -2.30. The molecule has 0 fully saturated rings. The van der Waals surface area contributed by atoms with Crippen molar-refractivity contribution >= 4 is 88.8 Å². The number of aromatic hydroxyl groups is 1. The van der Waals surface area contributed by atoms with Crippen molar-refractivity contribution in [2.75, 3.05) is 6.61 Å². The normalized spacial score (nSPS) is 15.0. The lowest BCUT2D eigenvalue weighted by Crippen LogP contribution is -2.63. The average molecular weight is 1260 g/mol. The van der Waals surface area contributed by atoms with Gasteiger partial charge in [-0.3, -0.25) is 67.1 Å². The van der Waals surface area contributed by atoms with Crippen LogP contribution in [0.3, 0.4) is 0 Å². The summed E-state index contributed by atoms with van der Waals surface area (Å²) in [4.78, 5) is 196. The van der Waals surface area contributed by atoms with E-state index in [0.29, 0.717) is 5.56 Å². The van der Waals surface area contributed by atoms with E-state index in [1.54, 1.807) is 25.1 Å². The molecule has 12 atom stereocenters. The van der Waals surface area contributed by atoms with Gasteiger partial charge in [-0.15, -0.1) is 0 Å². The van der Waals surface area contributed by atoms with Crippen molar-refractivity contribution in [2.24, 2.45) is 28.9 Å². The number of carbonyl (C=O) groups is 15. The van der Waals surface area contributed by atoms with Crippen LogP contribution in [0.2, 0.25) is 0 Å². The molecule has 0 bridgehead atoms. The van der Waals surface area contributed by atoms with Crippen molar-refractivity contribution in [1.82, 2.24) is 47.9 Å². The first kappa shape index (κ1) is 75.3. The fraction of sp³-hybridized carbons (Fsp3) is 0.509. The Kier molecular flexibility index (Phi) is 31.9. The molecule has 0 saturated carbocycles. The summed E-state index contributed by atoms with van der Waals surface area (Å²) in [6, 6.07) is -4.57. The minimum atomic E-state index is -2.01. The molecule has 0 heterocycles. The van der Waals surface area contributed by atoms with E-state index < -0.39 is 219 Å². The molecule has 0 aromatic heterocycles. The number of carboxylic acids is 3. The lowest BCUT2D eigenvalue weighted by molar-refractivity contribution is -0.143. The lowest BCUT2D eigenvalue weighted by atomic mass is 9.96. The highest BCUT2D eigenvalue weighted by Crippen LogP contribution is 2.15. The Bertz CT molecular complexity index is 2840. The molecule has 0 radical (unpaired) electrons. The zero-order chi connectivity index (χ0) is 67.2. The molecule has 34 heteroatoms. The smallest absolute Gasteiger partial charge is 0.328 e. The Hall–Kier alpha value is -9.83. The average Bonchev–Trinajstić information content (AvgIpc) is 3.61. The molecule has 23 N–H and O–H groups in total. The first-order chi connectivity index (χ1) is 41.8. The predicted molar refractivity (Wildman–Crippen MR) is 308 cm³/mol. The number of hydrogen-bond acceptors (Lipinski definition) is 19. The maximum absolute atomic E-state index is 14.6. The highest BCUT2D eigenvalue weighted by molar-refractivity contribution is 6.00. The number of phenols is 1. The maximum Gasteiger partial charge on any atom is 0.328 e. The van der Waals surface area contributed by atoms with Gasteiger partial charge in [0.1, 0.15) is 60.1 Å². The number of aliphatic hydroxyl groups is 2. The Morgan fingerprint density at radius 3 is 1.22 bits per heavy atom. The van der Waals surface area contributed by atoms with Gasteiger partial charge in [-0.2, -0.15) is 0 Å². The van der Waals surface area contributed by atoms with E-state index >= 15 is 0 Å². The Morgan fingerprint density at radius 1 is 0.438 bits per heavy atom. The molecule has 0 aliphatic heterocycles. The molecular formula is C55H79N13O21. The maximum atomic E-state index is 14.6. The summed E-state index contributed by atoms with van der Waals surface area (Å²) >= 11 is 0. The van der Waals surface area contributed by atoms with E-state index in [9.17, 15) is 103 Å². The largest absolute Gasteiger partial charge is 0.508 e. The summed E-state index contributed by atoms with van der Waals surface area (Å²) in [6.07, 6.45) is -8.00. The van der Waals surface area contributed by atoms with Gasteiger partial charge in [-0.05, 0) is 61.8 Å². The number of carboxylic acid groups (broad SMARTS) is 3. The van der Waals surface area contributed by atoms with Crippen molar-refractivity contribution in [2.45, 2.75) is 164 Å². The van der Waals surface area contributed by atoms with E-state index in [4.69, 9.17) is 22.9 Å². The van der Waals surface area contributed by atoms with Gasteiger partial charge in [0.05, 0.1) is 25.2 Å². The Labute approximate surface area is 509 Å². The molecule has 0 saturated heterocycles. The third kappa shape index (κ3) is 27.6. The van der Waals surface area contributed by atoms with Gasteiger partial charge in [0, 0.05) is 38.5 Å². The van der Waals surface area contributed by atoms with E-state index in [1.165, 1.54) is 43.3 Å². The molecule has 0 aliphatic rings. The van der Waals surface area contributed by atoms with E-state index in [2.05, 4.69) is 42.5 Å². The summed E-state index contributed by atoms with van der Waals surface area (Å²) in [7, 11) is 0. The number of aliphatic hydroxyl groups excluding tert-OH is 2. The zero-order valence-electron chi connectivity index (χ0n) is 48.9. The van der Waals surface area contributed by atoms with Crippen molar-refractivity contribution in [3.63, 3.8) is 0 Å². The Balaban J connectivity index is 2.59. The fourth-order valence-electron chi connectivity index (χ4n) is 8.30. The van der Waals surface area contributed by atoms with Gasteiger partial charge in [0.15, 0.2) is 0 Å². The van der Waals surface area contributed by atoms with Crippen molar-refractivity contribution in [1.29, 1.82) is 0 Å². The second kappa shape index (κ2) is 37.7. The first-order valence-corrected chi connectivity index (χ1v) is 27.9. The predicted octanol–water partition coefficient (Wildman–Crippen LogP) is -6.49. The SMILES string of the molecule is CC[C@H](C)[C@H](NC(=O)[C@H](CC(N)=O)NC(=O)[C@@H](N)CCC(N)=O)C(=O)N[C@H](C(=O)N[C@@H](CCC(=O)O)C(=O)N[C@@H](CCC(=O)O)C(=O)N[C@@H](Cc1ccccc1)C(=O)N[C@@H](Cc1ccc(O)cc1)C(=O)N[C@@H](CCC(N)=O)C(=O)N[C@@H](CO)C(=O)O)[C@@H](C)O. The van der Waals surface area contributed by atoms with Crippen LogP contribution in [0.4, 0.5) is 0 Å². The number of primary amides is 3. The summed E-state index contributed by atoms with van der Waals surface area (Å²) in [5.74, 6) is -19.1. The highest BCUT2D eigenvalue weighted by Gasteiger charge is 2.38. The van der Waals surface area contributed by atoms with Gasteiger partial charge in [-0.25, -0.2) is 4.79 Å². The van der Waals surface area contributed by atoms with Crippen molar-refractivity contribution in [3.05, 3.63) is 65.7 Å². The third-order valence-electron chi connectivity index (χ3n) is 13.5. The topological polar surface area (TPSA) is 590 Å². The summed E-state index contributed by atoms with van der Waals surface area (Å²) in [5, 5.41) is 79.7. The molecular weight excluding hydrogens is 1180 g/mol. The van der Waals surface area contributed by atoms with Gasteiger partial charge in [-0.1, -0.05) is 62.7 Å². The quantitative estimate of drug-likeness (QED) is 0.0294. The molecule has 490 valence electrons. The number of carbonyl (C=O) groups excluding carboxylic acids is 12. The van der Waals surface area contributed by atoms with E-state index in [1.807, 2.05) is 5.32 Å². The number of phenolic OH excluding ortho intramolecular Hbond substituents is 1. The molecule has 0 spiro atoms. The van der Waals surface area contributed by atoms with Gasteiger partial charge in [0.25, 0.3) is 0 Å². The second-order valence-electron chi connectivity index (χ2n) is 20.8. The number of hydrogen-bond donors (Lipinski definition) is 19. The van der Waals surface area contributed by atoms with Crippen LogP contribution >= 0.6 is 0 Å². The summed E-state index contributed by atoms with van der Waals surface area (Å²) in [6.45, 7) is 3.04. The molecule has 12 amide bonds. The monoisotopic (exact) mass is 1260 g/mol. The van der Waals surface area contributed by atoms with Crippen LogP contribution in [0.15, 0.2) is 54.6 Å². The number of benzene rings is 2. The molecule has 2 aromatic carbocycles. The van der Waals surface area contributed by atoms with Crippen LogP contribution in [-0.4, -0.2) is 193 Å². The molecule has 2 rings (SSSR count). The summed E-state index contributed by atoms with van der Waals surface area (Å²) in [5.41, 5.74) is 22.2. The minimum Gasteiger partial charge on any atom is -0.508 e. The molecule has 0 unspecified atom stereocenters. The second-order valence-corrected chi connectivity index (χ2v) is 20.8. The number of aliphatic carboxylic acids is 3. The van der Waals surface area contributed by atoms with Crippen molar-refractivity contribution < 1.29 is 103 Å². The van der Waals surface area contributed by atoms with E-state index in [0.717, 1.165) is 6.92 Å². The number of amides is 12. The highest BCUT2D eigenvalue weighted by atomic mass is 16.4. The molecule has 0 aliphatic carbocycles. The first-order valence-electron chi connectivity index (χ1n) is 27.9. The van der Waals surface area contributed by atoms with Crippen LogP contribution < -0.4 is 70.8 Å². The van der Waals surface area contributed by atoms with Crippen molar-refractivity contribution in [3.8, 4) is 5.75 Å². The Morgan fingerprint density at radius 2 is 0.809 bits per heavy atom. The number of nitrogens with one attached hydrogen (secondary N) is 9. The van der Waals surface area contributed by atoms with Crippen LogP contribution in [0.25, 0.3) is 0 Å². The third-order valence-corrected chi connectivity index (χ3v) is 13.5. The van der Waals surface area contributed by atoms with Gasteiger partial charge in [0.2, 0.25) is 70.9 Å². The van der Waals surface area contributed by atoms with Crippen LogP contribution in [-0.2, 0) is 84.8 Å². The van der Waals surface area contributed by atoms with Crippen LogP contribution in [0.1, 0.15) is 96.1 Å². The number of rotatable bonds is 41. The minimum absolute atomic E-state index is 0.161. The van der Waals surface area contributed by atoms with Gasteiger partial charge >= 0.3 is 17.9 Å². The number of nitrogens with two attached hydrogens (primary N) is 4. The van der Waals surface area contributed by atoms with E-state index in [-0.39, 0.29) is 37.0 Å². The molecule has 2 aromatic rings. The standard InChI is InChI=1S/C55H79N13O21/c1-4-26(2)44(67-52(85)37(24-41(59)74)63-46(79)31(56)14-18-39(57)72)53(86)68-45(27(3)70)54(87)62-34(17-21-43(77)78)47(80)60-33(16-20-42(75)76)48(81)64-35(22-28-8-6-5-7-9-28)51(84)65-36(23-29-10-12-30(71)13-11-29)50(83)61-32(15-19-40(58)73)49(82)66-38(25-69)55(88)89/h5-13,26-27,31-38,44-45,69-71H,4,14-25,56H2,1-3H3,(H2,57,72)(H2,58,73)(H2,59,74)(H,60,80)(H,61,83)(H,62,87)(H,63,79)(H,64,81)(H,65,84)(H,66,82)(H,67,85)(H,68,86)(H,75,76)(H,77,78)(H,88,89)/t26-,27+,31-,32-,33-,34-,35-,36-,37-,38-,44-,45-/m0/s1. The molecule has 89 heavy (non-hydrogen) atoms. The van der Waals surface area contributed by atoms with Gasteiger partial charge < -0.3 is 101 Å².